The van der Waals surface area contributed by atoms with Crippen molar-refractivity contribution >= 4 is 11.5 Å². The summed E-state index contributed by atoms with van der Waals surface area (Å²) in [6, 6.07) is 3.07. The van der Waals surface area contributed by atoms with Crippen LogP contribution in [0.1, 0.15) is 27.2 Å². The van der Waals surface area contributed by atoms with Crippen molar-refractivity contribution in [3.05, 3.63) is 28.4 Å². The van der Waals surface area contributed by atoms with Crippen LogP contribution in [0.2, 0.25) is 0 Å². The van der Waals surface area contributed by atoms with Gasteiger partial charge < -0.3 is 10.1 Å². The lowest BCUT2D eigenvalue weighted by Crippen LogP contribution is -2.58. The maximum atomic E-state index is 10.7. The fourth-order valence-corrected chi connectivity index (χ4v) is 2.40. The van der Waals surface area contributed by atoms with Crippen LogP contribution in [-0.2, 0) is 4.74 Å². The highest BCUT2D eigenvalue weighted by atomic mass is 16.6. The van der Waals surface area contributed by atoms with E-state index in [9.17, 15) is 10.1 Å². The molecule has 0 bridgehead atoms. The molecule has 6 nitrogen and oxygen atoms in total. The highest BCUT2D eigenvalue weighted by Gasteiger charge is 2.49. The lowest BCUT2D eigenvalue weighted by atomic mass is 9.64. The van der Waals surface area contributed by atoms with Crippen LogP contribution in [0.15, 0.2) is 18.3 Å². The number of hydrogen-bond acceptors (Lipinski definition) is 5. The first-order valence-electron chi connectivity index (χ1n) is 6.43. The summed E-state index contributed by atoms with van der Waals surface area (Å²) in [5.74, 6) is 0.544. The van der Waals surface area contributed by atoms with Crippen molar-refractivity contribution in [1.82, 2.24) is 4.98 Å². The van der Waals surface area contributed by atoms with Crippen LogP contribution in [0, 0.1) is 15.5 Å². The molecule has 1 N–H and O–H groups in total. The maximum Gasteiger partial charge on any atom is 0.274 e. The number of aromatic nitrogens is 1. The minimum absolute atomic E-state index is 0.00229. The highest BCUT2D eigenvalue weighted by Crippen LogP contribution is 2.44. The summed E-state index contributed by atoms with van der Waals surface area (Å²) in [4.78, 5) is 14.4. The quantitative estimate of drug-likeness (QED) is 0.654. The van der Waals surface area contributed by atoms with E-state index in [0.717, 1.165) is 6.42 Å². The summed E-state index contributed by atoms with van der Waals surface area (Å²) >= 11 is 0. The summed E-state index contributed by atoms with van der Waals surface area (Å²) in [7, 11) is 0. The van der Waals surface area contributed by atoms with Gasteiger partial charge in [0, 0.05) is 30.3 Å². The number of anilines is 1. The zero-order valence-corrected chi connectivity index (χ0v) is 11.4. The Morgan fingerprint density at radius 2 is 2.37 bits per heavy atom. The molecule has 2 rings (SSSR count). The molecule has 1 heterocycles. The van der Waals surface area contributed by atoms with Gasteiger partial charge in [0.1, 0.15) is 5.82 Å². The van der Waals surface area contributed by atoms with E-state index in [1.807, 2.05) is 6.92 Å². The second-order valence-electron chi connectivity index (χ2n) is 5.35. The maximum absolute atomic E-state index is 10.7. The molecular formula is C13H19N3O3. The largest absolute Gasteiger partial charge is 0.378 e. The van der Waals surface area contributed by atoms with E-state index in [-0.39, 0.29) is 23.2 Å². The Bertz CT molecular complexity index is 476. The molecule has 0 aliphatic heterocycles. The molecule has 6 heteroatoms. The average Bonchev–Trinajstić information content (AvgIpc) is 2.38. The van der Waals surface area contributed by atoms with Gasteiger partial charge in [-0.15, -0.1) is 0 Å². The predicted octanol–water partition coefficient (Wildman–Crippen LogP) is 2.61. The molecule has 0 aromatic carbocycles. The van der Waals surface area contributed by atoms with Crippen LogP contribution >= 0.6 is 0 Å². The Balaban J connectivity index is 2.03. The molecule has 2 atom stereocenters. The second-order valence-corrected chi connectivity index (χ2v) is 5.35. The van der Waals surface area contributed by atoms with Crippen LogP contribution < -0.4 is 5.32 Å². The van der Waals surface area contributed by atoms with Crippen molar-refractivity contribution in [2.24, 2.45) is 5.41 Å². The van der Waals surface area contributed by atoms with E-state index < -0.39 is 4.92 Å². The van der Waals surface area contributed by atoms with Crippen LogP contribution in [0.4, 0.5) is 11.5 Å². The summed E-state index contributed by atoms with van der Waals surface area (Å²) < 4.78 is 5.65. The Hall–Kier alpha value is -1.69. The zero-order valence-electron chi connectivity index (χ0n) is 11.4. The van der Waals surface area contributed by atoms with Gasteiger partial charge >= 0.3 is 0 Å². The molecule has 0 spiro atoms. The summed E-state index contributed by atoms with van der Waals surface area (Å²) in [5.41, 5.74) is 0.0541. The zero-order chi connectivity index (χ0) is 14.0. The van der Waals surface area contributed by atoms with Crippen LogP contribution in [0.3, 0.4) is 0 Å². The van der Waals surface area contributed by atoms with Gasteiger partial charge in [-0.2, -0.15) is 0 Å². The molecule has 0 saturated heterocycles. The van der Waals surface area contributed by atoms with Crippen molar-refractivity contribution in [3.63, 3.8) is 0 Å². The Morgan fingerprint density at radius 1 is 1.63 bits per heavy atom. The lowest BCUT2D eigenvalue weighted by Gasteiger charge is -2.51. The fourth-order valence-electron chi connectivity index (χ4n) is 2.40. The van der Waals surface area contributed by atoms with Gasteiger partial charge in [-0.1, -0.05) is 13.8 Å². The van der Waals surface area contributed by atoms with Gasteiger partial charge in [0.15, 0.2) is 0 Å². The normalized spacial score (nSPS) is 24.6. The molecule has 2 unspecified atom stereocenters. The minimum Gasteiger partial charge on any atom is -0.378 e. The number of hydrogen-bond donors (Lipinski definition) is 1. The Morgan fingerprint density at radius 3 is 2.95 bits per heavy atom. The third kappa shape index (κ3) is 2.68. The minimum atomic E-state index is -0.415. The molecule has 1 aliphatic rings. The number of ether oxygens (including phenoxy) is 1. The lowest BCUT2D eigenvalue weighted by molar-refractivity contribution is -0.384. The van der Waals surface area contributed by atoms with E-state index in [0.29, 0.717) is 12.4 Å². The molecule has 1 aliphatic carbocycles. The van der Waals surface area contributed by atoms with Crippen molar-refractivity contribution in [2.45, 2.75) is 39.3 Å². The van der Waals surface area contributed by atoms with Gasteiger partial charge in [0.05, 0.1) is 17.1 Å². The van der Waals surface area contributed by atoms with Crippen molar-refractivity contribution < 1.29 is 9.66 Å². The fraction of sp³-hybridized carbons (Fsp3) is 0.615. The van der Waals surface area contributed by atoms with Crippen molar-refractivity contribution in [1.29, 1.82) is 0 Å². The van der Waals surface area contributed by atoms with Crippen molar-refractivity contribution in [2.75, 3.05) is 11.9 Å². The van der Waals surface area contributed by atoms with Gasteiger partial charge in [-0.3, -0.25) is 10.1 Å². The van der Waals surface area contributed by atoms with Gasteiger partial charge in [-0.25, -0.2) is 4.98 Å². The SMILES string of the molecule is CCOC1CC(Nc2cc([N+](=O)[O-])ccn2)C1(C)C. The summed E-state index contributed by atoms with van der Waals surface area (Å²) in [6.07, 6.45) is 2.57. The van der Waals surface area contributed by atoms with E-state index >= 15 is 0 Å². The van der Waals surface area contributed by atoms with Crippen LogP contribution in [0.25, 0.3) is 0 Å². The third-order valence-corrected chi connectivity index (χ3v) is 3.82. The molecule has 0 radical (unpaired) electrons. The Labute approximate surface area is 112 Å². The molecule has 0 amide bonds. The number of rotatable bonds is 5. The molecule has 1 fully saturated rings. The summed E-state index contributed by atoms with van der Waals surface area (Å²) in [6.45, 7) is 6.95. The molecular weight excluding hydrogens is 246 g/mol. The van der Waals surface area contributed by atoms with Crippen LogP contribution in [0.5, 0.6) is 0 Å². The first kappa shape index (κ1) is 13.7. The Kier molecular flexibility index (Phi) is 3.71. The number of pyridine rings is 1. The van der Waals surface area contributed by atoms with Crippen molar-refractivity contribution in [3.8, 4) is 0 Å². The standard InChI is InChI=1S/C13H19N3O3/c1-4-19-11-8-10(13(11,2)3)15-12-7-9(16(17)18)5-6-14-12/h5-7,10-11H,4,8H2,1-3H3,(H,14,15). The van der Waals surface area contributed by atoms with E-state index in [1.54, 1.807) is 0 Å². The topological polar surface area (TPSA) is 77.3 Å². The van der Waals surface area contributed by atoms with Gasteiger partial charge in [-0.05, 0) is 13.3 Å². The molecule has 1 saturated carbocycles. The van der Waals surface area contributed by atoms with E-state index in [4.69, 9.17) is 4.74 Å². The van der Waals surface area contributed by atoms with Gasteiger partial charge in [0.2, 0.25) is 0 Å². The molecule has 1 aromatic rings. The molecule has 19 heavy (non-hydrogen) atoms. The van der Waals surface area contributed by atoms with E-state index in [1.165, 1.54) is 18.3 Å². The second kappa shape index (κ2) is 5.13. The molecule has 104 valence electrons. The number of nitro groups is 1. The van der Waals surface area contributed by atoms with Gasteiger partial charge in [0.25, 0.3) is 5.69 Å². The first-order valence-corrected chi connectivity index (χ1v) is 6.43. The monoisotopic (exact) mass is 265 g/mol. The third-order valence-electron chi connectivity index (χ3n) is 3.82. The highest BCUT2D eigenvalue weighted by molar-refractivity contribution is 5.45. The van der Waals surface area contributed by atoms with E-state index in [2.05, 4.69) is 24.1 Å². The predicted molar refractivity (Wildman–Crippen MR) is 72.1 cm³/mol. The summed E-state index contributed by atoms with van der Waals surface area (Å²) in [5, 5.41) is 14.0. The number of nitrogens with one attached hydrogen (secondary N) is 1. The molecule has 1 aromatic heterocycles. The smallest absolute Gasteiger partial charge is 0.274 e. The first-order chi connectivity index (χ1) is 8.95. The average molecular weight is 265 g/mol. The van der Waals surface area contributed by atoms with Crippen LogP contribution in [-0.4, -0.2) is 28.7 Å². The number of nitrogens with zero attached hydrogens (tertiary/aromatic N) is 2.